The molecule has 2 atom stereocenters. The molecule has 19 heavy (non-hydrogen) atoms. The van der Waals surface area contributed by atoms with Gasteiger partial charge in [0, 0.05) is 25.9 Å². The molecular weight excluding hydrogens is 238 g/mol. The fourth-order valence-electron chi connectivity index (χ4n) is 2.55. The van der Waals surface area contributed by atoms with Gasteiger partial charge >= 0.3 is 0 Å². The molecule has 1 saturated heterocycles. The molecule has 1 aliphatic rings. The van der Waals surface area contributed by atoms with Crippen molar-refractivity contribution in [1.29, 1.82) is 0 Å². The molecule has 0 amide bonds. The van der Waals surface area contributed by atoms with Crippen molar-refractivity contribution in [3.63, 3.8) is 0 Å². The Morgan fingerprint density at radius 2 is 2.05 bits per heavy atom. The van der Waals surface area contributed by atoms with Gasteiger partial charge in [0.25, 0.3) is 0 Å². The summed E-state index contributed by atoms with van der Waals surface area (Å²) in [6, 6.07) is 8.19. The maximum Gasteiger partial charge on any atom is 0.0787 e. The van der Waals surface area contributed by atoms with Gasteiger partial charge in [-0.1, -0.05) is 19.1 Å². The number of aliphatic hydroxyl groups is 1. The third kappa shape index (κ3) is 3.95. The Balaban J connectivity index is 1.93. The molecule has 0 radical (unpaired) electrons. The highest BCUT2D eigenvalue weighted by atomic mass is 16.5. The summed E-state index contributed by atoms with van der Waals surface area (Å²) in [6.07, 6.45) is 4.41. The van der Waals surface area contributed by atoms with Gasteiger partial charge in [0.05, 0.1) is 12.2 Å². The second-order valence-electron chi connectivity index (χ2n) is 5.38. The maximum atomic E-state index is 9.79. The van der Waals surface area contributed by atoms with Crippen LogP contribution in [0.4, 0.5) is 5.69 Å². The molecule has 0 bridgehead atoms. The van der Waals surface area contributed by atoms with E-state index in [4.69, 9.17) is 4.74 Å². The summed E-state index contributed by atoms with van der Waals surface area (Å²) in [6.45, 7) is 3.83. The molecule has 1 N–H and O–H groups in total. The topological polar surface area (TPSA) is 32.7 Å². The molecule has 106 valence electrons. The zero-order chi connectivity index (χ0) is 13.7. The monoisotopic (exact) mass is 263 g/mol. The summed E-state index contributed by atoms with van der Waals surface area (Å²) in [5.74, 6) is 0. The van der Waals surface area contributed by atoms with Crippen LogP contribution in [-0.2, 0) is 4.74 Å². The lowest BCUT2D eigenvalue weighted by atomic mass is 10.1. The molecule has 3 heteroatoms. The molecule has 1 aromatic carbocycles. The number of hydrogen-bond donors (Lipinski definition) is 1. The van der Waals surface area contributed by atoms with Crippen LogP contribution < -0.4 is 4.90 Å². The van der Waals surface area contributed by atoms with Crippen molar-refractivity contribution in [2.75, 3.05) is 25.1 Å². The first-order valence-corrected chi connectivity index (χ1v) is 7.31. The number of anilines is 1. The Morgan fingerprint density at radius 3 is 2.63 bits per heavy atom. The van der Waals surface area contributed by atoms with Gasteiger partial charge in [-0.15, -0.1) is 0 Å². The molecule has 1 aromatic rings. The van der Waals surface area contributed by atoms with Crippen molar-refractivity contribution < 1.29 is 9.84 Å². The van der Waals surface area contributed by atoms with Crippen molar-refractivity contribution >= 4 is 5.69 Å². The van der Waals surface area contributed by atoms with Gasteiger partial charge in [-0.25, -0.2) is 0 Å². The third-order valence-electron chi connectivity index (χ3n) is 3.86. The lowest BCUT2D eigenvalue weighted by molar-refractivity contribution is 0.0216. The predicted molar refractivity (Wildman–Crippen MR) is 78.6 cm³/mol. The maximum absolute atomic E-state index is 9.79. The largest absolute Gasteiger partial charge is 0.388 e. The minimum absolute atomic E-state index is 0.346. The number of rotatable bonds is 5. The van der Waals surface area contributed by atoms with Crippen LogP contribution in [0.25, 0.3) is 0 Å². The van der Waals surface area contributed by atoms with E-state index in [1.807, 2.05) is 19.1 Å². The molecule has 1 fully saturated rings. The highest BCUT2D eigenvalue weighted by Crippen LogP contribution is 2.22. The highest BCUT2D eigenvalue weighted by molar-refractivity contribution is 5.47. The number of hydrogen-bond acceptors (Lipinski definition) is 3. The number of likely N-dealkylation sites (N-methyl/N-ethyl adjacent to an activating group) is 1. The van der Waals surface area contributed by atoms with Crippen molar-refractivity contribution in [2.45, 2.75) is 44.8 Å². The summed E-state index contributed by atoms with van der Waals surface area (Å²) in [7, 11) is 2.10. The van der Waals surface area contributed by atoms with Crippen LogP contribution in [0.5, 0.6) is 0 Å². The summed E-state index contributed by atoms with van der Waals surface area (Å²) in [5, 5.41) is 9.79. The Morgan fingerprint density at radius 1 is 1.32 bits per heavy atom. The zero-order valence-electron chi connectivity index (χ0n) is 12.0. The Hall–Kier alpha value is -1.06. The van der Waals surface area contributed by atoms with Crippen LogP contribution in [0, 0.1) is 0 Å². The molecule has 0 spiro atoms. The normalized spacial score (nSPS) is 21.1. The van der Waals surface area contributed by atoms with E-state index >= 15 is 0 Å². The summed E-state index contributed by atoms with van der Waals surface area (Å²) < 4.78 is 5.77. The lowest BCUT2D eigenvalue weighted by Gasteiger charge is -2.28. The molecule has 2 rings (SSSR count). The fourth-order valence-corrected chi connectivity index (χ4v) is 2.55. The van der Waals surface area contributed by atoms with Crippen LogP contribution in [0.1, 0.15) is 44.3 Å². The fraction of sp³-hybridized carbons (Fsp3) is 0.625. The number of ether oxygens (including phenoxy) is 1. The minimum Gasteiger partial charge on any atom is -0.388 e. The van der Waals surface area contributed by atoms with E-state index < -0.39 is 0 Å². The summed E-state index contributed by atoms with van der Waals surface area (Å²) >= 11 is 0. The van der Waals surface area contributed by atoms with Gasteiger partial charge < -0.3 is 14.7 Å². The van der Waals surface area contributed by atoms with E-state index in [1.165, 1.54) is 18.5 Å². The molecule has 1 unspecified atom stereocenters. The van der Waals surface area contributed by atoms with Gasteiger partial charge in [0.15, 0.2) is 0 Å². The average Bonchev–Trinajstić information content (AvgIpc) is 2.47. The zero-order valence-corrected chi connectivity index (χ0v) is 12.0. The van der Waals surface area contributed by atoms with Gasteiger partial charge in [-0.3, -0.25) is 0 Å². The van der Waals surface area contributed by atoms with Crippen LogP contribution in [0.2, 0.25) is 0 Å². The number of nitrogens with zero attached hydrogens (tertiary/aromatic N) is 1. The Kier molecular flexibility index (Phi) is 5.23. The van der Waals surface area contributed by atoms with Crippen molar-refractivity contribution in [1.82, 2.24) is 0 Å². The van der Waals surface area contributed by atoms with Crippen molar-refractivity contribution in [3.05, 3.63) is 29.8 Å². The molecule has 1 aliphatic heterocycles. The highest BCUT2D eigenvalue weighted by Gasteiger charge is 2.16. The first kappa shape index (κ1) is 14.4. The van der Waals surface area contributed by atoms with E-state index in [0.29, 0.717) is 6.10 Å². The quantitative estimate of drug-likeness (QED) is 0.886. The smallest absolute Gasteiger partial charge is 0.0787 e. The Labute approximate surface area is 116 Å². The second kappa shape index (κ2) is 6.92. The van der Waals surface area contributed by atoms with Gasteiger partial charge in [-0.05, 0) is 43.4 Å². The van der Waals surface area contributed by atoms with E-state index in [1.54, 1.807) is 0 Å². The minimum atomic E-state index is -0.346. The summed E-state index contributed by atoms with van der Waals surface area (Å²) in [4.78, 5) is 2.23. The number of aliphatic hydroxyl groups excluding tert-OH is 1. The van der Waals surface area contributed by atoms with E-state index in [0.717, 1.165) is 31.6 Å². The SMILES string of the molecule is CC[C@@H](O)c1ccc(N(C)CC2CCCCO2)cc1. The van der Waals surface area contributed by atoms with E-state index in [9.17, 15) is 5.11 Å². The summed E-state index contributed by atoms with van der Waals surface area (Å²) in [5.41, 5.74) is 2.18. The van der Waals surface area contributed by atoms with Gasteiger partial charge in [0.1, 0.15) is 0 Å². The molecular formula is C16H25NO2. The number of benzene rings is 1. The molecule has 0 aromatic heterocycles. The molecule has 0 aliphatic carbocycles. The first-order valence-electron chi connectivity index (χ1n) is 7.31. The average molecular weight is 263 g/mol. The van der Waals surface area contributed by atoms with Crippen molar-refractivity contribution in [2.24, 2.45) is 0 Å². The van der Waals surface area contributed by atoms with E-state index in [-0.39, 0.29) is 6.10 Å². The second-order valence-corrected chi connectivity index (χ2v) is 5.38. The van der Waals surface area contributed by atoms with Crippen LogP contribution in [-0.4, -0.2) is 31.4 Å². The van der Waals surface area contributed by atoms with Crippen LogP contribution in [0.15, 0.2) is 24.3 Å². The molecule has 1 heterocycles. The third-order valence-corrected chi connectivity index (χ3v) is 3.86. The van der Waals surface area contributed by atoms with Gasteiger partial charge in [0.2, 0.25) is 0 Å². The lowest BCUT2D eigenvalue weighted by Crippen LogP contribution is -2.33. The van der Waals surface area contributed by atoms with Crippen molar-refractivity contribution in [3.8, 4) is 0 Å². The van der Waals surface area contributed by atoms with Crippen LogP contribution >= 0.6 is 0 Å². The molecule has 3 nitrogen and oxygen atoms in total. The van der Waals surface area contributed by atoms with Crippen LogP contribution in [0.3, 0.4) is 0 Å². The predicted octanol–water partition coefficient (Wildman–Crippen LogP) is 3.14. The first-order chi connectivity index (χ1) is 9.20. The Bertz CT molecular complexity index is 371. The standard InChI is InChI=1S/C16H25NO2/c1-3-16(18)13-7-9-14(10-8-13)17(2)12-15-6-4-5-11-19-15/h7-10,15-16,18H,3-6,11-12H2,1-2H3/t15?,16-/m1/s1. The molecule has 0 saturated carbocycles. The van der Waals surface area contributed by atoms with Gasteiger partial charge in [-0.2, -0.15) is 0 Å². The van der Waals surface area contributed by atoms with E-state index in [2.05, 4.69) is 24.1 Å².